The summed E-state index contributed by atoms with van der Waals surface area (Å²) in [7, 11) is -0.796. The molecule has 0 radical (unpaired) electrons. The van der Waals surface area contributed by atoms with Crippen LogP contribution in [0, 0.1) is 12.5 Å². The van der Waals surface area contributed by atoms with Crippen molar-refractivity contribution in [2.24, 2.45) is 5.92 Å². The molecule has 7 amide bonds. The first kappa shape index (κ1) is 93.3. The average Bonchev–Trinajstić information content (AvgIpc) is 1.59. The number of anilines is 2. The topological polar surface area (TPSA) is 505 Å². The summed E-state index contributed by atoms with van der Waals surface area (Å²) < 4.78 is 81.4. The van der Waals surface area contributed by atoms with Crippen LogP contribution in [0.25, 0.3) is 33.2 Å². The van der Waals surface area contributed by atoms with Crippen LogP contribution < -0.4 is 42.2 Å². The number of hydrogen-bond acceptors (Lipinski definition) is 27. The second-order valence-electron chi connectivity index (χ2n) is 29.6. The number of aliphatic hydroxyl groups is 4. The van der Waals surface area contributed by atoms with Gasteiger partial charge in [0, 0.05) is 102 Å². The molecule has 119 heavy (non-hydrogen) atoms. The number of benzene rings is 3. The maximum absolute atomic E-state index is 14.2. The Labute approximate surface area is 700 Å². The van der Waals surface area contributed by atoms with E-state index in [4.69, 9.17) is 42.9 Å². The molecule has 648 valence electrons. The van der Waals surface area contributed by atoms with E-state index in [0.29, 0.717) is 34.7 Å². The van der Waals surface area contributed by atoms with Gasteiger partial charge in [-0.15, -0.1) is 17.5 Å². The van der Waals surface area contributed by atoms with Gasteiger partial charge in [-0.1, -0.05) is 56.8 Å². The Morgan fingerprint density at radius 1 is 0.748 bits per heavy atom. The number of nitrogens with zero attached hydrogens (tertiary/aromatic N) is 6. The van der Waals surface area contributed by atoms with Gasteiger partial charge < -0.3 is 109 Å². The second kappa shape index (κ2) is 41.6. The Balaban J connectivity index is 0.0000161. The van der Waals surface area contributed by atoms with E-state index in [1.54, 1.807) is 46.8 Å². The molecule has 9 atom stereocenters. The fourth-order valence-corrected chi connectivity index (χ4v) is 14.8. The van der Waals surface area contributed by atoms with E-state index in [0.717, 1.165) is 39.7 Å². The van der Waals surface area contributed by atoms with Gasteiger partial charge in [0.25, 0.3) is 15.7 Å². The molecule has 1 fully saturated rings. The van der Waals surface area contributed by atoms with Crippen molar-refractivity contribution in [1.82, 2.24) is 50.3 Å². The normalized spacial score (nSPS) is 19.0. The van der Waals surface area contributed by atoms with Crippen LogP contribution in [0.1, 0.15) is 113 Å². The van der Waals surface area contributed by atoms with Gasteiger partial charge in [0.1, 0.15) is 61.2 Å². The summed E-state index contributed by atoms with van der Waals surface area (Å²) in [6, 6.07) is 14.1. The van der Waals surface area contributed by atoms with Crippen LogP contribution >= 0.6 is 0 Å². The first-order valence-electron chi connectivity index (χ1n) is 38.8. The molecule has 3 aromatic heterocycles. The molecule has 12 N–H and O–H groups in total. The number of hydrazine groups is 1. The van der Waals surface area contributed by atoms with Crippen molar-refractivity contribution >= 4 is 96.8 Å². The monoisotopic (exact) mass is 1850 g/mol. The Morgan fingerprint density at radius 2 is 1.42 bits per heavy atom. The number of aromatic nitrogens is 3. The number of carbonyl (C=O) groups excluding carboxylic acids is 8. The van der Waals surface area contributed by atoms with Gasteiger partial charge in [0.2, 0.25) is 41.7 Å². The standard InChI is InChI=1S/C79H103N12O26S.W/c1-10-79(106)54-36-59-66-52(38-91(59)74(101)53(54)41-114-77(79)104)48(49-14-12-13-15-55(49)84-66)22-25-90(44(5)6)78(105)115-40-46-16-18-56(61(34-46)116-76-69(97)67(95)68(96)70(117-76)75(102)103)85-71(98)45(7)81-73(100)65(43(3)4)86-64(94)23-26-110-28-30-112-32-33-113-31-29-111-27-24-80-72(99)57(42-118(107,108)109)83-63(93)21-20-62(92)82-47-17-19-58-50(35-47)51-37-87(8)88(9)39-60(51)89(58)11-2;/h12-19,34-37,43-45,57,65,67-70,76,95-97,106H,10-11,20-33,38-42H2,1-9H3,(H,80,99)(H,81,100)(H,82,92)(H,83,93)(H,85,98)(H,86,94)(H,102,103)(H,107,108,109);/q-1;/t45-,57-,65-,67-,68-,69+,70-,76+,79-;/m0./s1. The van der Waals surface area contributed by atoms with Gasteiger partial charge in [0.05, 0.1) is 87.6 Å². The third-order valence-electron chi connectivity index (χ3n) is 20.7. The Hall–Kier alpha value is -9.58. The first-order chi connectivity index (χ1) is 56.1. The number of carboxylic acid groups (broad SMARTS) is 1. The summed E-state index contributed by atoms with van der Waals surface area (Å²) in [6.07, 6.45) is -11.6. The van der Waals surface area contributed by atoms with Gasteiger partial charge in [-0.3, -0.25) is 48.1 Å². The number of carboxylic acids is 1. The molecular formula is C79H103N12O26SW-. The molecule has 38 nitrogen and oxygen atoms in total. The molecule has 4 aliphatic heterocycles. The van der Waals surface area contributed by atoms with Gasteiger partial charge >= 0.3 is 18.0 Å². The number of hydrogen-bond donors (Lipinski definition) is 12. The van der Waals surface area contributed by atoms with E-state index in [1.807, 2.05) is 62.0 Å². The average molecular weight is 1850 g/mol. The van der Waals surface area contributed by atoms with Gasteiger partial charge in [-0.25, -0.2) is 19.4 Å². The number of aryl methyl sites for hydroxylation is 1. The van der Waals surface area contributed by atoms with Crippen LogP contribution in [0.15, 0.2) is 71.5 Å². The Kier molecular flexibility index (Phi) is 32.6. The molecule has 0 unspecified atom stereocenters. The summed E-state index contributed by atoms with van der Waals surface area (Å²) >= 11 is 0. The van der Waals surface area contributed by atoms with E-state index in [9.17, 15) is 86.4 Å². The molecule has 0 saturated carbocycles. The first-order valence-corrected chi connectivity index (χ1v) is 40.4. The minimum Gasteiger partial charge on any atom is -0.479 e. The number of nitrogens with one attached hydrogen (secondary N) is 6. The SMILES string of the molecule is CCn1c2c(c3cc(NC(=O)CCC(=O)N[C@@H](CS(=O)(=O)O)C(=O)NCCOCCOCCOCCOCCC(=O)N[C@H](C(=O)N[C@@H](C)C(=O)Nc4ccc(COC(=O)N(CCc5c6c(nc7ccccc57)-c5cc7c(c(=O)n5C6)COC(=O)[C@]7(O)CC)C(C)C)cc4O[C@@H]4O[C@H](C(=O)O)[C@@H](O)[C@H](O)[C@H]4O)C(C)C)ccc31)[CH-]N(C)N(C)C2.[W]. The predicted molar refractivity (Wildman–Crippen MR) is 422 cm³/mol. The van der Waals surface area contributed by atoms with Crippen LogP contribution in [0.5, 0.6) is 5.75 Å². The van der Waals surface area contributed by atoms with Gasteiger partial charge in [-0.05, 0) is 107 Å². The third-order valence-corrected chi connectivity index (χ3v) is 21.5. The van der Waals surface area contributed by atoms with Crippen molar-refractivity contribution in [3.8, 4) is 17.1 Å². The zero-order valence-electron chi connectivity index (χ0n) is 67.4. The minimum absolute atomic E-state index is 0. The summed E-state index contributed by atoms with van der Waals surface area (Å²) in [6.45, 7) is 15.5. The number of pyridine rings is 2. The summed E-state index contributed by atoms with van der Waals surface area (Å²) in [5.74, 6) is -8.77. The van der Waals surface area contributed by atoms with Crippen LogP contribution in [0.3, 0.4) is 0 Å². The number of aliphatic carboxylic acids is 1. The number of aliphatic hydroxyl groups excluding tert-OH is 3. The van der Waals surface area contributed by atoms with Crippen molar-refractivity contribution in [2.45, 2.75) is 174 Å². The van der Waals surface area contributed by atoms with Gasteiger partial charge in [-0.2, -0.15) is 8.42 Å². The number of esters is 1. The maximum Gasteiger partial charge on any atom is 0.410 e. The Morgan fingerprint density at radius 3 is 2.08 bits per heavy atom. The maximum atomic E-state index is 14.2. The van der Waals surface area contributed by atoms with E-state index in [1.165, 1.54) is 34.6 Å². The zero-order valence-corrected chi connectivity index (χ0v) is 71.1. The van der Waals surface area contributed by atoms with Crippen LogP contribution in [-0.2, 0) is 148 Å². The van der Waals surface area contributed by atoms with E-state index >= 15 is 0 Å². The van der Waals surface area contributed by atoms with Crippen molar-refractivity contribution in [3.05, 3.63) is 123 Å². The summed E-state index contributed by atoms with van der Waals surface area (Å²) in [5.41, 5.74) is 4.61. The van der Waals surface area contributed by atoms with Crippen molar-refractivity contribution in [2.75, 3.05) is 96.4 Å². The molecule has 6 aromatic rings. The molecule has 0 aliphatic carbocycles. The van der Waals surface area contributed by atoms with Crippen molar-refractivity contribution < 1.29 is 141 Å². The van der Waals surface area contributed by atoms with E-state index < -0.39 is 148 Å². The van der Waals surface area contributed by atoms with Crippen LogP contribution in [0.2, 0.25) is 0 Å². The summed E-state index contributed by atoms with van der Waals surface area (Å²) in [4.78, 5) is 139. The van der Waals surface area contributed by atoms with Gasteiger partial charge in [0.15, 0.2) is 11.7 Å². The molecule has 3 aromatic carbocycles. The summed E-state index contributed by atoms with van der Waals surface area (Å²) in [5, 5.41) is 74.6. The number of fused-ring (bicyclic) bond motifs is 8. The van der Waals surface area contributed by atoms with E-state index in [2.05, 4.69) is 48.4 Å². The minimum atomic E-state index is -4.73. The number of para-hydroxylation sites is 1. The smallest absolute Gasteiger partial charge is 0.410 e. The number of ether oxygens (including phenoxy) is 8. The molecule has 7 heterocycles. The molecular weight excluding hydrogens is 1750 g/mol. The fraction of sp³-hybridized carbons (Fsp3) is 0.519. The molecule has 10 rings (SSSR count). The molecule has 40 heteroatoms. The number of carbonyl (C=O) groups is 9. The quantitative estimate of drug-likeness (QED) is 0.0112. The number of rotatable bonds is 40. The molecule has 4 aliphatic rings. The number of amides is 7. The Bertz CT molecular complexity index is 4890. The second-order valence-corrected chi connectivity index (χ2v) is 31.1. The predicted octanol–water partition coefficient (Wildman–Crippen LogP) is 1.66. The zero-order chi connectivity index (χ0) is 85.6. The van der Waals surface area contributed by atoms with Crippen molar-refractivity contribution in [3.63, 3.8) is 0 Å². The molecule has 0 spiro atoms. The number of cyclic esters (lactones) is 1. The molecule has 1 saturated heterocycles. The van der Waals surface area contributed by atoms with E-state index in [-0.39, 0.29) is 160 Å². The van der Waals surface area contributed by atoms with Crippen molar-refractivity contribution in [1.29, 1.82) is 0 Å². The van der Waals surface area contributed by atoms with Crippen LogP contribution in [0.4, 0.5) is 16.2 Å². The molecule has 0 bridgehead atoms. The fourth-order valence-electron chi connectivity index (χ4n) is 14.1. The largest absolute Gasteiger partial charge is 0.479 e. The third kappa shape index (κ3) is 22.9. The van der Waals surface area contributed by atoms with Crippen LogP contribution in [-0.4, -0.2) is 262 Å².